The summed E-state index contributed by atoms with van der Waals surface area (Å²) in [6.07, 6.45) is 0.0495. The number of carbonyl (C=O) groups excluding carboxylic acids is 2. The van der Waals surface area contributed by atoms with Crippen LogP contribution in [-0.2, 0) is 9.53 Å². The largest absolute Gasteiger partial charge is 0.497 e. The third kappa shape index (κ3) is 5.86. The van der Waals surface area contributed by atoms with Crippen LogP contribution < -0.4 is 15.4 Å². The lowest BCUT2D eigenvalue weighted by atomic mass is 9.85. The number of anilines is 1. The number of nitrogens with zero attached hydrogens (tertiary/aromatic N) is 1. The zero-order valence-corrected chi connectivity index (χ0v) is 18.1. The number of ether oxygens (including phenoxy) is 2. The van der Waals surface area contributed by atoms with Gasteiger partial charge in [0.25, 0.3) is 0 Å². The van der Waals surface area contributed by atoms with E-state index in [1.807, 2.05) is 0 Å². The van der Waals surface area contributed by atoms with Gasteiger partial charge >= 0.3 is 6.03 Å². The molecule has 1 saturated heterocycles. The Kier molecular flexibility index (Phi) is 7.70. The Balaban J connectivity index is 1.80. The smallest absolute Gasteiger partial charge is 0.319 e. The van der Waals surface area contributed by atoms with Crippen molar-refractivity contribution >= 4 is 29.2 Å². The molecule has 3 amide bonds. The number of hydrogen-bond donors (Lipinski definition) is 2. The number of likely N-dealkylation sites (tertiary alicyclic amines) is 1. The highest BCUT2D eigenvalue weighted by atomic mass is 35.5. The van der Waals surface area contributed by atoms with Crippen molar-refractivity contribution in [1.29, 1.82) is 0 Å². The van der Waals surface area contributed by atoms with Crippen molar-refractivity contribution in [2.24, 2.45) is 0 Å². The van der Waals surface area contributed by atoms with Crippen LogP contribution >= 0.6 is 11.6 Å². The van der Waals surface area contributed by atoms with Gasteiger partial charge in [-0.25, -0.2) is 9.18 Å². The molecule has 31 heavy (non-hydrogen) atoms. The molecule has 7 nitrogen and oxygen atoms in total. The Morgan fingerprint density at radius 3 is 2.61 bits per heavy atom. The molecule has 9 heteroatoms. The second kappa shape index (κ2) is 10.5. The van der Waals surface area contributed by atoms with Crippen LogP contribution in [0.2, 0.25) is 5.02 Å². The van der Waals surface area contributed by atoms with Gasteiger partial charge in [0, 0.05) is 55.4 Å². The zero-order valence-electron chi connectivity index (χ0n) is 17.4. The SMILES string of the molecule is COCCN1CC(c2ccc(OC)cc2F)C(NC(=O)Nc2ccc(Cl)cc2)CC1=O. The Hall–Kier alpha value is -2.84. The molecular formula is C22H25ClFN3O4. The Labute approximate surface area is 185 Å². The van der Waals surface area contributed by atoms with Gasteiger partial charge in [0.2, 0.25) is 5.91 Å². The first-order valence-corrected chi connectivity index (χ1v) is 10.2. The normalized spacial score (nSPS) is 18.6. The van der Waals surface area contributed by atoms with E-state index in [2.05, 4.69) is 10.6 Å². The molecule has 0 bridgehead atoms. The molecule has 0 saturated carbocycles. The van der Waals surface area contributed by atoms with Crippen LogP contribution in [0.1, 0.15) is 17.9 Å². The average molecular weight is 450 g/mol. The van der Waals surface area contributed by atoms with Crippen molar-refractivity contribution in [3.8, 4) is 5.75 Å². The van der Waals surface area contributed by atoms with E-state index in [0.29, 0.717) is 35.2 Å². The molecule has 2 atom stereocenters. The maximum atomic E-state index is 14.8. The van der Waals surface area contributed by atoms with E-state index in [1.54, 1.807) is 48.4 Å². The summed E-state index contributed by atoms with van der Waals surface area (Å²) in [6, 6.07) is 10.2. The lowest BCUT2D eigenvalue weighted by Crippen LogP contribution is -2.53. The second-order valence-electron chi connectivity index (χ2n) is 7.24. The van der Waals surface area contributed by atoms with Crippen molar-refractivity contribution in [3.63, 3.8) is 0 Å². The summed E-state index contributed by atoms with van der Waals surface area (Å²) in [4.78, 5) is 26.8. The predicted octanol–water partition coefficient (Wildman–Crippen LogP) is 3.64. The van der Waals surface area contributed by atoms with Gasteiger partial charge in [-0.2, -0.15) is 0 Å². The molecular weight excluding hydrogens is 425 g/mol. The summed E-state index contributed by atoms with van der Waals surface area (Å²) in [6.45, 7) is 1.03. The number of amides is 3. The quantitative estimate of drug-likeness (QED) is 0.676. The molecule has 1 fully saturated rings. The fourth-order valence-electron chi connectivity index (χ4n) is 3.61. The predicted molar refractivity (Wildman–Crippen MR) is 116 cm³/mol. The maximum absolute atomic E-state index is 14.8. The lowest BCUT2D eigenvalue weighted by Gasteiger charge is -2.39. The number of halogens is 2. The molecule has 3 rings (SSSR count). The highest BCUT2D eigenvalue weighted by molar-refractivity contribution is 6.30. The monoisotopic (exact) mass is 449 g/mol. The molecule has 1 heterocycles. The molecule has 2 aromatic carbocycles. The van der Waals surface area contributed by atoms with Crippen molar-refractivity contribution in [2.75, 3.05) is 39.2 Å². The summed E-state index contributed by atoms with van der Waals surface area (Å²) in [5, 5.41) is 6.10. The van der Waals surface area contributed by atoms with Crippen molar-refractivity contribution in [1.82, 2.24) is 10.2 Å². The van der Waals surface area contributed by atoms with E-state index >= 15 is 0 Å². The number of methoxy groups -OCH3 is 2. The van der Waals surface area contributed by atoms with Gasteiger partial charge in [0.15, 0.2) is 0 Å². The first-order chi connectivity index (χ1) is 14.9. The molecule has 1 aliphatic heterocycles. The second-order valence-corrected chi connectivity index (χ2v) is 7.68. The summed E-state index contributed by atoms with van der Waals surface area (Å²) in [5.74, 6) is -0.611. The van der Waals surface area contributed by atoms with E-state index in [0.717, 1.165) is 0 Å². The molecule has 1 aliphatic rings. The highest BCUT2D eigenvalue weighted by Crippen LogP contribution is 2.31. The number of carbonyl (C=O) groups is 2. The third-order valence-corrected chi connectivity index (χ3v) is 5.49. The van der Waals surface area contributed by atoms with Crippen molar-refractivity contribution in [2.45, 2.75) is 18.4 Å². The van der Waals surface area contributed by atoms with Gasteiger partial charge < -0.3 is 25.0 Å². The molecule has 0 aromatic heterocycles. The lowest BCUT2D eigenvalue weighted by molar-refractivity contribution is -0.135. The fraction of sp³-hybridized carbons (Fsp3) is 0.364. The van der Waals surface area contributed by atoms with Crippen LogP contribution in [0.15, 0.2) is 42.5 Å². The van der Waals surface area contributed by atoms with Gasteiger partial charge in [0.1, 0.15) is 11.6 Å². The van der Waals surface area contributed by atoms with Gasteiger partial charge in [-0.05, 0) is 35.9 Å². The van der Waals surface area contributed by atoms with Crippen LogP contribution in [0.25, 0.3) is 0 Å². The average Bonchev–Trinajstić information content (AvgIpc) is 2.75. The number of benzene rings is 2. The molecule has 2 N–H and O–H groups in total. The van der Waals surface area contributed by atoms with E-state index in [1.165, 1.54) is 13.2 Å². The van der Waals surface area contributed by atoms with Crippen LogP contribution in [0.5, 0.6) is 5.75 Å². The van der Waals surface area contributed by atoms with E-state index in [9.17, 15) is 14.0 Å². The van der Waals surface area contributed by atoms with Crippen molar-refractivity contribution in [3.05, 3.63) is 58.9 Å². The van der Waals surface area contributed by atoms with Gasteiger partial charge in [-0.1, -0.05) is 17.7 Å². The topological polar surface area (TPSA) is 79.9 Å². The molecule has 166 valence electrons. The summed E-state index contributed by atoms with van der Waals surface area (Å²) < 4.78 is 25.0. The zero-order chi connectivity index (χ0) is 22.4. The number of piperidine rings is 1. The molecule has 2 unspecified atom stereocenters. The highest BCUT2D eigenvalue weighted by Gasteiger charge is 2.37. The number of hydrogen-bond acceptors (Lipinski definition) is 4. The number of nitrogens with one attached hydrogen (secondary N) is 2. The summed E-state index contributed by atoms with van der Waals surface area (Å²) in [5.41, 5.74) is 0.963. The molecule has 0 spiro atoms. The van der Waals surface area contributed by atoms with Crippen LogP contribution in [0.4, 0.5) is 14.9 Å². The molecule has 0 aliphatic carbocycles. The fourth-order valence-corrected chi connectivity index (χ4v) is 3.74. The first kappa shape index (κ1) is 22.8. The minimum atomic E-state index is -0.582. The Morgan fingerprint density at radius 1 is 1.23 bits per heavy atom. The van der Waals surface area contributed by atoms with Crippen LogP contribution in [0, 0.1) is 5.82 Å². The van der Waals surface area contributed by atoms with E-state index in [4.69, 9.17) is 21.1 Å². The molecule has 2 aromatic rings. The van der Waals surface area contributed by atoms with E-state index < -0.39 is 23.8 Å². The number of urea groups is 1. The third-order valence-electron chi connectivity index (χ3n) is 5.24. The van der Waals surface area contributed by atoms with Gasteiger partial charge in [-0.3, -0.25) is 4.79 Å². The Bertz CT molecular complexity index is 925. The Morgan fingerprint density at radius 2 is 1.97 bits per heavy atom. The summed E-state index contributed by atoms with van der Waals surface area (Å²) >= 11 is 5.87. The van der Waals surface area contributed by atoms with Crippen LogP contribution in [0.3, 0.4) is 0 Å². The van der Waals surface area contributed by atoms with Crippen molar-refractivity contribution < 1.29 is 23.5 Å². The number of rotatable bonds is 7. The summed E-state index contributed by atoms with van der Waals surface area (Å²) in [7, 11) is 3.02. The standard InChI is InChI=1S/C22H25ClFN3O4/c1-30-10-9-27-13-18(17-8-7-16(31-2)11-19(17)24)20(12-21(27)28)26-22(29)25-15-5-3-14(23)4-6-15/h3-8,11,18,20H,9-10,12-13H2,1-2H3,(H2,25,26,29). The maximum Gasteiger partial charge on any atom is 0.319 e. The minimum absolute atomic E-state index is 0.0495. The van der Waals surface area contributed by atoms with Crippen LogP contribution in [-0.4, -0.2) is 56.8 Å². The minimum Gasteiger partial charge on any atom is -0.497 e. The van der Waals surface area contributed by atoms with Gasteiger partial charge in [-0.15, -0.1) is 0 Å². The van der Waals surface area contributed by atoms with Gasteiger partial charge in [0.05, 0.1) is 13.7 Å². The molecule has 0 radical (unpaired) electrons. The van der Waals surface area contributed by atoms with E-state index in [-0.39, 0.29) is 18.9 Å². The first-order valence-electron chi connectivity index (χ1n) is 9.84.